The number of rotatable bonds is 12. The zero-order valence-electron chi connectivity index (χ0n) is 17.6. The molecule has 0 spiro atoms. The lowest BCUT2D eigenvalue weighted by atomic mass is 10.2. The molecule has 6 heteroatoms. The average Bonchev–Trinajstić information content (AvgIpc) is 3.24. The molecule has 2 rings (SSSR count). The second kappa shape index (κ2) is 13.0. The van der Waals surface area contributed by atoms with Crippen molar-refractivity contribution < 1.29 is 9.59 Å². The first-order valence-corrected chi connectivity index (χ1v) is 11.4. The number of carbonyl (C=O) groups is 2. The van der Waals surface area contributed by atoms with E-state index in [2.05, 4.69) is 19.2 Å². The predicted octanol–water partition coefficient (Wildman–Crippen LogP) is 4.89. The topological polar surface area (TPSA) is 52.7 Å². The van der Waals surface area contributed by atoms with Gasteiger partial charge in [0.1, 0.15) is 6.54 Å². The van der Waals surface area contributed by atoms with Crippen molar-refractivity contribution in [3.8, 4) is 0 Å². The Morgan fingerprint density at radius 2 is 1.69 bits per heavy atom. The van der Waals surface area contributed by atoms with E-state index in [0.717, 1.165) is 36.1 Å². The highest BCUT2D eigenvalue weighted by atomic mass is 32.1. The Kier molecular flexibility index (Phi) is 10.3. The van der Waals surface area contributed by atoms with Crippen LogP contribution in [0.2, 0.25) is 0 Å². The molecular weight excluding hydrogens is 382 g/mol. The first kappa shape index (κ1) is 22.9. The molecule has 0 bridgehead atoms. The van der Waals surface area contributed by atoms with Gasteiger partial charge in [-0.2, -0.15) is 0 Å². The molecule has 0 atom stereocenters. The van der Waals surface area contributed by atoms with Gasteiger partial charge in [-0.3, -0.25) is 4.79 Å². The van der Waals surface area contributed by atoms with Gasteiger partial charge >= 0.3 is 6.03 Å². The molecular formula is C23H33N3O2S. The molecule has 1 aromatic carbocycles. The van der Waals surface area contributed by atoms with Crippen LogP contribution in [-0.2, 0) is 17.9 Å². The largest absolute Gasteiger partial charge is 0.338 e. The van der Waals surface area contributed by atoms with Crippen LogP contribution in [-0.4, -0.2) is 41.4 Å². The third-order valence-electron chi connectivity index (χ3n) is 4.70. The Balaban J connectivity index is 2.07. The number of hydrogen-bond donors (Lipinski definition) is 1. The summed E-state index contributed by atoms with van der Waals surface area (Å²) in [7, 11) is 0. The summed E-state index contributed by atoms with van der Waals surface area (Å²) in [5.74, 6) is -0.0241. The Bertz CT molecular complexity index is 719. The van der Waals surface area contributed by atoms with Crippen molar-refractivity contribution in [2.75, 3.05) is 19.6 Å². The lowest BCUT2D eigenvalue weighted by Gasteiger charge is -2.28. The molecule has 0 radical (unpaired) electrons. The molecule has 1 heterocycles. The van der Waals surface area contributed by atoms with Gasteiger partial charge in [-0.15, -0.1) is 11.3 Å². The first-order valence-electron chi connectivity index (χ1n) is 10.5. The van der Waals surface area contributed by atoms with Crippen LogP contribution in [0.3, 0.4) is 0 Å². The van der Waals surface area contributed by atoms with Crippen molar-refractivity contribution in [3.63, 3.8) is 0 Å². The Hall–Kier alpha value is -2.34. The second-order valence-electron chi connectivity index (χ2n) is 7.18. The van der Waals surface area contributed by atoms with Gasteiger partial charge in [-0.25, -0.2) is 4.79 Å². The fraction of sp³-hybridized carbons (Fsp3) is 0.478. The highest BCUT2D eigenvalue weighted by Crippen LogP contribution is 2.15. The van der Waals surface area contributed by atoms with E-state index in [-0.39, 0.29) is 18.5 Å². The molecule has 0 unspecified atom stereocenters. The number of amides is 3. The maximum Gasteiger partial charge on any atom is 0.317 e. The van der Waals surface area contributed by atoms with Crippen molar-refractivity contribution in [2.24, 2.45) is 0 Å². The molecule has 0 fully saturated rings. The van der Waals surface area contributed by atoms with E-state index < -0.39 is 0 Å². The molecule has 0 saturated heterocycles. The Labute approximate surface area is 178 Å². The Morgan fingerprint density at radius 3 is 2.34 bits per heavy atom. The molecule has 2 aromatic rings. The molecule has 29 heavy (non-hydrogen) atoms. The lowest BCUT2D eigenvalue weighted by Crippen LogP contribution is -2.47. The predicted molar refractivity (Wildman–Crippen MR) is 120 cm³/mol. The van der Waals surface area contributed by atoms with Gasteiger partial charge in [0.25, 0.3) is 0 Å². The highest BCUT2D eigenvalue weighted by molar-refractivity contribution is 7.09. The van der Waals surface area contributed by atoms with Crippen LogP contribution in [0, 0.1) is 0 Å². The number of urea groups is 1. The molecule has 0 aliphatic rings. The maximum absolute atomic E-state index is 13.2. The number of unbranched alkanes of at least 4 members (excludes halogenated alkanes) is 2. The zero-order chi connectivity index (χ0) is 20.9. The minimum absolute atomic E-state index is 0.0241. The summed E-state index contributed by atoms with van der Waals surface area (Å²) in [6.07, 6.45) is 3.84. The summed E-state index contributed by atoms with van der Waals surface area (Å²) in [5, 5.41) is 4.97. The van der Waals surface area contributed by atoms with Crippen molar-refractivity contribution >= 4 is 23.3 Å². The SMILES string of the molecule is CCCCNC(=O)N(CCCC)CC(=O)N(Cc1ccccc1)Cc1cccs1. The van der Waals surface area contributed by atoms with Crippen molar-refractivity contribution in [3.05, 3.63) is 58.3 Å². The number of hydrogen-bond acceptors (Lipinski definition) is 3. The van der Waals surface area contributed by atoms with Gasteiger partial charge < -0.3 is 15.1 Å². The lowest BCUT2D eigenvalue weighted by molar-refractivity contribution is -0.133. The van der Waals surface area contributed by atoms with E-state index in [1.165, 1.54) is 0 Å². The molecule has 3 amide bonds. The maximum atomic E-state index is 13.2. The van der Waals surface area contributed by atoms with Crippen LogP contribution in [0.4, 0.5) is 4.79 Å². The van der Waals surface area contributed by atoms with Gasteiger partial charge in [0, 0.05) is 24.5 Å². The number of benzene rings is 1. The fourth-order valence-corrected chi connectivity index (χ4v) is 3.69. The summed E-state index contributed by atoms with van der Waals surface area (Å²) in [6.45, 7) is 6.63. The van der Waals surface area contributed by atoms with Gasteiger partial charge in [-0.05, 0) is 29.9 Å². The van der Waals surface area contributed by atoms with Crippen LogP contribution in [0.15, 0.2) is 47.8 Å². The van der Waals surface area contributed by atoms with Crippen molar-refractivity contribution in [1.29, 1.82) is 0 Å². The molecule has 158 valence electrons. The monoisotopic (exact) mass is 415 g/mol. The normalized spacial score (nSPS) is 10.6. The summed E-state index contributed by atoms with van der Waals surface area (Å²) in [5.41, 5.74) is 1.09. The molecule has 0 saturated carbocycles. The van der Waals surface area contributed by atoms with E-state index in [4.69, 9.17) is 0 Å². The Morgan fingerprint density at radius 1 is 0.931 bits per heavy atom. The summed E-state index contributed by atoms with van der Waals surface area (Å²) in [6, 6.07) is 13.9. The average molecular weight is 416 g/mol. The minimum Gasteiger partial charge on any atom is -0.338 e. The number of carbonyl (C=O) groups excluding carboxylic acids is 2. The fourth-order valence-electron chi connectivity index (χ4n) is 2.98. The van der Waals surface area contributed by atoms with E-state index in [1.807, 2.05) is 52.7 Å². The van der Waals surface area contributed by atoms with Crippen molar-refractivity contribution in [1.82, 2.24) is 15.1 Å². The second-order valence-corrected chi connectivity index (χ2v) is 8.21. The summed E-state index contributed by atoms with van der Waals surface area (Å²) < 4.78 is 0. The molecule has 1 aromatic heterocycles. The smallest absolute Gasteiger partial charge is 0.317 e. The van der Waals surface area contributed by atoms with Gasteiger partial charge in [-0.1, -0.05) is 63.1 Å². The third kappa shape index (κ3) is 8.28. The van der Waals surface area contributed by atoms with Crippen LogP contribution < -0.4 is 5.32 Å². The first-order chi connectivity index (χ1) is 14.1. The standard InChI is InChI=1S/C23H33N3O2S/c1-3-5-14-24-23(28)25(15-6-4-2)19-22(27)26(18-21-13-10-16-29-21)17-20-11-8-7-9-12-20/h7-13,16H,3-6,14-15,17-19H2,1-2H3,(H,24,28). The zero-order valence-corrected chi connectivity index (χ0v) is 18.4. The van der Waals surface area contributed by atoms with E-state index in [9.17, 15) is 9.59 Å². The number of nitrogens with zero attached hydrogens (tertiary/aromatic N) is 2. The number of nitrogens with one attached hydrogen (secondary N) is 1. The number of thiophene rings is 1. The van der Waals surface area contributed by atoms with Crippen LogP contribution in [0.1, 0.15) is 50.0 Å². The van der Waals surface area contributed by atoms with Crippen LogP contribution in [0.25, 0.3) is 0 Å². The van der Waals surface area contributed by atoms with Gasteiger partial charge in [0.2, 0.25) is 5.91 Å². The van der Waals surface area contributed by atoms with Gasteiger partial charge in [0.05, 0.1) is 6.54 Å². The quantitative estimate of drug-likeness (QED) is 0.502. The molecule has 1 N–H and O–H groups in total. The van der Waals surface area contributed by atoms with E-state index >= 15 is 0 Å². The summed E-state index contributed by atoms with van der Waals surface area (Å²) in [4.78, 5) is 30.4. The van der Waals surface area contributed by atoms with Crippen LogP contribution >= 0.6 is 11.3 Å². The van der Waals surface area contributed by atoms with Crippen molar-refractivity contribution in [2.45, 2.75) is 52.6 Å². The molecule has 0 aliphatic heterocycles. The van der Waals surface area contributed by atoms with E-state index in [1.54, 1.807) is 16.2 Å². The molecule has 5 nitrogen and oxygen atoms in total. The highest BCUT2D eigenvalue weighted by Gasteiger charge is 2.21. The van der Waals surface area contributed by atoms with E-state index in [0.29, 0.717) is 26.2 Å². The molecule has 0 aliphatic carbocycles. The minimum atomic E-state index is -0.143. The summed E-state index contributed by atoms with van der Waals surface area (Å²) >= 11 is 1.65. The van der Waals surface area contributed by atoms with Crippen LogP contribution in [0.5, 0.6) is 0 Å². The van der Waals surface area contributed by atoms with Gasteiger partial charge in [0.15, 0.2) is 0 Å². The third-order valence-corrected chi connectivity index (χ3v) is 5.56.